The first-order valence-electron chi connectivity index (χ1n) is 4.97. The molecule has 0 amide bonds. The van der Waals surface area contributed by atoms with Crippen LogP contribution in [0, 0.1) is 0 Å². The number of hydrogen-bond acceptors (Lipinski definition) is 4. The van der Waals surface area contributed by atoms with Gasteiger partial charge in [0.05, 0.1) is 18.1 Å². The van der Waals surface area contributed by atoms with E-state index in [1.165, 1.54) is 12.8 Å². The van der Waals surface area contributed by atoms with Crippen molar-refractivity contribution < 1.29 is 0 Å². The summed E-state index contributed by atoms with van der Waals surface area (Å²) in [6, 6.07) is 1.91. The average molecular weight is 190 g/mol. The van der Waals surface area contributed by atoms with Gasteiger partial charge in [-0.1, -0.05) is 0 Å². The number of hydrogen-bond donors (Lipinski definition) is 1. The highest BCUT2D eigenvalue weighted by Gasteiger charge is 2.04. The van der Waals surface area contributed by atoms with E-state index in [0.29, 0.717) is 0 Å². The number of rotatable bonds is 2. The van der Waals surface area contributed by atoms with Crippen molar-refractivity contribution in [2.45, 2.75) is 25.8 Å². The molecule has 0 unspecified atom stereocenters. The Morgan fingerprint density at radius 2 is 2.36 bits per heavy atom. The molecule has 0 saturated heterocycles. The summed E-state index contributed by atoms with van der Waals surface area (Å²) in [5, 5.41) is 3.30. The third-order valence-corrected chi connectivity index (χ3v) is 2.24. The van der Waals surface area contributed by atoms with Crippen molar-refractivity contribution in [2.24, 2.45) is 4.99 Å². The average Bonchev–Trinajstić information content (AvgIpc) is 2.29. The standard InChI is InChI=1S/C10H14N4/c1-2-5-12-10(3-1)13-7-9-4-6-11-8-14-9/h4,6,8H,1-3,5,7H2,(H,12,13). The molecule has 0 atom stereocenters. The van der Waals surface area contributed by atoms with Gasteiger partial charge in [0, 0.05) is 19.2 Å². The molecular formula is C10H14N4. The van der Waals surface area contributed by atoms with Crippen molar-refractivity contribution in [2.75, 3.05) is 6.54 Å². The minimum absolute atomic E-state index is 0.751. The van der Waals surface area contributed by atoms with Gasteiger partial charge < -0.3 is 5.32 Å². The van der Waals surface area contributed by atoms with Crippen LogP contribution in [0.3, 0.4) is 0 Å². The zero-order valence-electron chi connectivity index (χ0n) is 8.11. The van der Waals surface area contributed by atoms with E-state index in [0.717, 1.165) is 31.0 Å². The van der Waals surface area contributed by atoms with E-state index in [-0.39, 0.29) is 0 Å². The first-order valence-corrected chi connectivity index (χ1v) is 4.97. The smallest absolute Gasteiger partial charge is 0.115 e. The predicted molar refractivity (Wildman–Crippen MR) is 55.0 cm³/mol. The highest BCUT2D eigenvalue weighted by Crippen LogP contribution is 2.04. The summed E-state index contributed by atoms with van der Waals surface area (Å²) in [5.41, 5.74) is 1.01. The van der Waals surface area contributed by atoms with Gasteiger partial charge in [-0.2, -0.15) is 0 Å². The van der Waals surface area contributed by atoms with Crippen LogP contribution in [-0.2, 0) is 6.54 Å². The Morgan fingerprint density at radius 3 is 3.07 bits per heavy atom. The minimum Gasteiger partial charge on any atom is -0.368 e. The van der Waals surface area contributed by atoms with Crippen LogP contribution < -0.4 is 5.32 Å². The number of nitrogens with zero attached hydrogens (tertiary/aromatic N) is 3. The Bertz CT molecular complexity index is 307. The van der Waals surface area contributed by atoms with E-state index in [9.17, 15) is 0 Å². The molecule has 74 valence electrons. The van der Waals surface area contributed by atoms with Gasteiger partial charge in [-0.05, 0) is 18.9 Å². The van der Waals surface area contributed by atoms with E-state index in [1.54, 1.807) is 12.5 Å². The molecule has 1 aliphatic rings. The molecule has 4 nitrogen and oxygen atoms in total. The van der Waals surface area contributed by atoms with Crippen LogP contribution in [0.15, 0.2) is 23.6 Å². The maximum atomic E-state index is 4.41. The van der Waals surface area contributed by atoms with Crippen LogP contribution in [0.2, 0.25) is 0 Å². The Hall–Kier alpha value is -1.45. The topological polar surface area (TPSA) is 50.2 Å². The van der Waals surface area contributed by atoms with Gasteiger partial charge in [-0.3, -0.25) is 4.99 Å². The Balaban J connectivity index is 1.85. The van der Waals surface area contributed by atoms with Crippen LogP contribution in [0.1, 0.15) is 25.0 Å². The lowest BCUT2D eigenvalue weighted by Gasteiger charge is -2.13. The number of aliphatic imine (C=N–C) groups is 1. The van der Waals surface area contributed by atoms with Crippen molar-refractivity contribution in [3.05, 3.63) is 24.3 Å². The SMILES string of the molecule is c1cc(CNC2=NCCCC2)ncn1. The predicted octanol–water partition coefficient (Wildman–Crippen LogP) is 1.15. The van der Waals surface area contributed by atoms with Crippen molar-refractivity contribution in [3.8, 4) is 0 Å². The number of aromatic nitrogens is 2. The third kappa shape index (κ3) is 2.52. The lowest BCUT2D eigenvalue weighted by Crippen LogP contribution is -2.25. The van der Waals surface area contributed by atoms with Gasteiger partial charge in [-0.25, -0.2) is 9.97 Å². The van der Waals surface area contributed by atoms with Gasteiger partial charge in [0.25, 0.3) is 0 Å². The maximum absolute atomic E-state index is 4.41. The monoisotopic (exact) mass is 190 g/mol. The van der Waals surface area contributed by atoms with Crippen molar-refractivity contribution in [1.29, 1.82) is 0 Å². The lowest BCUT2D eigenvalue weighted by molar-refractivity contribution is 0.702. The molecule has 0 aromatic carbocycles. The first kappa shape index (κ1) is 9.12. The Morgan fingerprint density at radius 1 is 1.36 bits per heavy atom. The summed E-state index contributed by atoms with van der Waals surface area (Å²) in [7, 11) is 0. The zero-order valence-corrected chi connectivity index (χ0v) is 8.11. The number of amidine groups is 1. The van der Waals surface area contributed by atoms with Crippen molar-refractivity contribution in [1.82, 2.24) is 15.3 Å². The second kappa shape index (κ2) is 4.69. The van der Waals surface area contributed by atoms with E-state index in [4.69, 9.17) is 0 Å². The van der Waals surface area contributed by atoms with Crippen LogP contribution >= 0.6 is 0 Å². The molecule has 0 bridgehead atoms. The van der Waals surface area contributed by atoms with E-state index >= 15 is 0 Å². The molecule has 1 aliphatic heterocycles. The molecule has 14 heavy (non-hydrogen) atoms. The molecule has 1 N–H and O–H groups in total. The lowest BCUT2D eigenvalue weighted by atomic mass is 10.2. The van der Waals surface area contributed by atoms with E-state index in [1.807, 2.05) is 6.07 Å². The molecule has 2 rings (SSSR count). The summed E-state index contributed by atoms with van der Waals surface area (Å²) in [4.78, 5) is 12.4. The summed E-state index contributed by atoms with van der Waals surface area (Å²) in [6.07, 6.45) is 6.87. The van der Waals surface area contributed by atoms with Crippen LogP contribution in [-0.4, -0.2) is 22.3 Å². The molecule has 0 saturated carbocycles. The quantitative estimate of drug-likeness (QED) is 0.761. The number of nitrogens with one attached hydrogen (secondary N) is 1. The van der Waals surface area contributed by atoms with Gasteiger partial charge in [0.1, 0.15) is 6.33 Å². The molecule has 0 fully saturated rings. The molecule has 0 spiro atoms. The van der Waals surface area contributed by atoms with Gasteiger partial charge in [-0.15, -0.1) is 0 Å². The van der Waals surface area contributed by atoms with Crippen molar-refractivity contribution in [3.63, 3.8) is 0 Å². The molecule has 2 heterocycles. The molecule has 0 radical (unpaired) electrons. The summed E-state index contributed by atoms with van der Waals surface area (Å²) >= 11 is 0. The summed E-state index contributed by atoms with van der Waals surface area (Å²) in [5.74, 6) is 1.12. The fraction of sp³-hybridized carbons (Fsp3) is 0.500. The fourth-order valence-corrected chi connectivity index (χ4v) is 1.46. The molecule has 1 aromatic heterocycles. The normalized spacial score (nSPS) is 16.1. The molecule has 4 heteroatoms. The highest BCUT2D eigenvalue weighted by atomic mass is 15.0. The van der Waals surface area contributed by atoms with Crippen molar-refractivity contribution >= 4 is 5.84 Å². The van der Waals surface area contributed by atoms with Gasteiger partial charge in [0.2, 0.25) is 0 Å². The van der Waals surface area contributed by atoms with E-state index in [2.05, 4.69) is 20.3 Å². The van der Waals surface area contributed by atoms with Crippen LogP contribution in [0.5, 0.6) is 0 Å². The summed E-state index contributed by atoms with van der Waals surface area (Å²) < 4.78 is 0. The highest BCUT2D eigenvalue weighted by molar-refractivity contribution is 5.82. The zero-order chi connectivity index (χ0) is 9.64. The van der Waals surface area contributed by atoms with E-state index < -0.39 is 0 Å². The second-order valence-corrected chi connectivity index (χ2v) is 3.34. The summed E-state index contributed by atoms with van der Waals surface area (Å²) in [6.45, 7) is 1.72. The second-order valence-electron chi connectivity index (χ2n) is 3.34. The molecule has 0 aliphatic carbocycles. The minimum atomic E-state index is 0.751. The Labute approximate surface area is 83.5 Å². The molecular weight excluding hydrogens is 176 g/mol. The van der Waals surface area contributed by atoms with Gasteiger partial charge >= 0.3 is 0 Å². The third-order valence-electron chi connectivity index (χ3n) is 2.24. The Kier molecular flexibility index (Phi) is 3.06. The van der Waals surface area contributed by atoms with Gasteiger partial charge in [0.15, 0.2) is 0 Å². The largest absolute Gasteiger partial charge is 0.368 e. The van der Waals surface area contributed by atoms with Crippen LogP contribution in [0.25, 0.3) is 0 Å². The fourth-order valence-electron chi connectivity index (χ4n) is 1.46. The first-order chi connectivity index (χ1) is 6.95. The van der Waals surface area contributed by atoms with Crippen LogP contribution in [0.4, 0.5) is 0 Å². The molecule has 1 aromatic rings. The maximum Gasteiger partial charge on any atom is 0.115 e.